The van der Waals surface area contributed by atoms with Crippen LogP contribution in [0.2, 0.25) is 0 Å². The molecular formula is C54H76O4. The summed E-state index contributed by atoms with van der Waals surface area (Å²) in [4.78, 5) is 12.4. The number of fused-ring (bicyclic) bond motifs is 5. The van der Waals surface area contributed by atoms with Crippen molar-refractivity contribution in [2.45, 2.75) is 139 Å². The quantitative estimate of drug-likeness (QED) is 0.0983. The standard InChI is InChI=1S/C28H48.C26H28O4/c1-19(2)8-7-9-21(4)24-12-13-25-23-11-10-22-18-20(3)14-16-27(22,5)26(23)15-17-28(24,25)6;1-5-26(2,3)18-29-23-14-10-21(11-15-23)25(27)30-24-16-8-20(9-17-24)19-6-12-22(28-4)13-7-19/h10,19-21,23-26H,7-9,11-18H2,1-6H3;6-17H,5,18H2,1-4H3. The van der Waals surface area contributed by atoms with Crippen molar-refractivity contribution >= 4 is 5.97 Å². The summed E-state index contributed by atoms with van der Waals surface area (Å²) < 4.78 is 16.5. The minimum atomic E-state index is -0.396. The van der Waals surface area contributed by atoms with E-state index < -0.39 is 5.97 Å². The Hall–Kier alpha value is -3.53. The van der Waals surface area contributed by atoms with Crippen molar-refractivity contribution in [3.8, 4) is 28.4 Å². The fraction of sp³-hybridized carbons (Fsp3) is 0.611. The Morgan fingerprint density at radius 3 is 2.05 bits per heavy atom. The highest BCUT2D eigenvalue weighted by molar-refractivity contribution is 5.91. The molecule has 0 heterocycles. The van der Waals surface area contributed by atoms with Gasteiger partial charge in [-0.15, -0.1) is 0 Å². The van der Waals surface area contributed by atoms with Crippen molar-refractivity contribution in [1.29, 1.82) is 0 Å². The molecule has 3 fully saturated rings. The van der Waals surface area contributed by atoms with E-state index in [1.54, 1.807) is 43.5 Å². The van der Waals surface area contributed by atoms with E-state index >= 15 is 0 Å². The lowest BCUT2D eigenvalue weighted by Crippen LogP contribution is -2.50. The van der Waals surface area contributed by atoms with E-state index in [0.717, 1.165) is 70.5 Å². The molecule has 316 valence electrons. The van der Waals surface area contributed by atoms with Gasteiger partial charge in [0.05, 0.1) is 19.3 Å². The second kappa shape index (κ2) is 18.8. The molecule has 7 rings (SSSR count). The van der Waals surface area contributed by atoms with Gasteiger partial charge in [-0.25, -0.2) is 4.79 Å². The zero-order chi connectivity index (χ0) is 41.7. The number of hydrogen-bond acceptors (Lipinski definition) is 4. The van der Waals surface area contributed by atoms with Crippen LogP contribution in [0.4, 0.5) is 0 Å². The second-order valence-electron chi connectivity index (χ2n) is 20.6. The largest absolute Gasteiger partial charge is 0.497 e. The van der Waals surface area contributed by atoms with E-state index in [4.69, 9.17) is 14.2 Å². The number of methoxy groups -OCH3 is 1. The predicted octanol–water partition coefficient (Wildman–Crippen LogP) is 15.1. The first-order valence-corrected chi connectivity index (χ1v) is 23.0. The van der Waals surface area contributed by atoms with E-state index in [9.17, 15) is 4.79 Å². The van der Waals surface area contributed by atoms with Gasteiger partial charge in [0, 0.05) is 0 Å². The van der Waals surface area contributed by atoms with Gasteiger partial charge in [0.25, 0.3) is 0 Å². The predicted molar refractivity (Wildman–Crippen MR) is 242 cm³/mol. The lowest BCUT2D eigenvalue weighted by Gasteiger charge is -2.58. The molecule has 0 spiro atoms. The number of esters is 1. The third kappa shape index (κ3) is 10.1. The molecule has 3 aromatic rings. The van der Waals surface area contributed by atoms with Crippen LogP contribution in [0.25, 0.3) is 11.1 Å². The summed E-state index contributed by atoms with van der Waals surface area (Å²) in [5.74, 6) is 8.39. The van der Waals surface area contributed by atoms with Gasteiger partial charge in [-0.05, 0) is 175 Å². The molecule has 0 aromatic heterocycles. The Morgan fingerprint density at radius 2 is 1.43 bits per heavy atom. The molecule has 0 N–H and O–H groups in total. The Balaban J connectivity index is 0.000000196. The van der Waals surface area contributed by atoms with E-state index in [2.05, 4.69) is 68.4 Å². The summed E-state index contributed by atoms with van der Waals surface area (Å²) in [6.07, 6.45) is 20.0. The topological polar surface area (TPSA) is 44.8 Å². The van der Waals surface area contributed by atoms with Gasteiger partial charge in [0.2, 0.25) is 0 Å². The maximum atomic E-state index is 12.4. The molecule has 0 aliphatic heterocycles. The van der Waals surface area contributed by atoms with Gasteiger partial charge in [-0.2, -0.15) is 0 Å². The molecular weight excluding hydrogens is 713 g/mol. The average molecular weight is 789 g/mol. The van der Waals surface area contributed by atoms with Crippen LogP contribution in [0, 0.1) is 57.7 Å². The third-order valence-electron chi connectivity index (χ3n) is 15.7. The van der Waals surface area contributed by atoms with Crippen molar-refractivity contribution in [3.05, 3.63) is 90.0 Å². The van der Waals surface area contributed by atoms with Crippen LogP contribution in [0.1, 0.15) is 150 Å². The molecule has 0 radical (unpaired) electrons. The monoisotopic (exact) mass is 789 g/mol. The number of ether oxygens (including phenoxy) is 3. The highest BCUT2D eigenvalue weighted by atomic mass is 16.5. The minimum Gasteiger partial charge on any atom is -0.497 e. The molecule has 4 aliphatic carbocycles. The number of allylic oxidation sites excluding steroid dienone is 2. The van der Waals surface area contributed by atoms with Crippen LogP contribution in [-0.2, 0) is 0 Å². The first kappa shape index (κ1) is 44.0. The third-order valence-corrected chi connectivity index (χ3v) is 15.7. The highest BCUT2D eigenvalue weighted by Crippen LogP contribution is 2.67. The molecule has 4 aliphatic rings. The second-order valence-corrected chi connectivity index (χ2v) is 20.6. The van der Waals surface area contributed by atoms with Crippen LogP contribution in [-0.4, -0.2) is 19.7 Å². The summed E-state index contributed by atoms with van der Waals surface area (Å²) >= 11 is 0. The molecule has 3 saturated carbocycles. The van der Waals surface area contributed by atoms with Gasteiger partial charge >= 0.3 is 5.97 Å². The Labute approximate surface area is 352 Å². The summed E-state index contributed by atoms with van der Waals surface area (Å²) in [5.41, 5.74) is 5.77. The molecule has 0 amide bonds. The molecule has 0 bridgehead atoms. The van der Waals surface area contributed by atoms with Gasteiger partial charge in [-0.3, -0.25) is 0 Å². The van der Waals surface area contributed by atoms with Crippen molar-refractivity contribution in [1.82, 2.24) is 0 Å². The number of hydrogen-bond donors (Lipinski definition) is 0. The molecule has 3 aromatic carbocycles. The van der Waals surface area contributed by atoms with Gasteiger partial charge < -0.3 is 14.2 Å². The smallest absolute Gasteiger partial charge is 0.343 e. The Bertz CT molecular complexity index is 1800. The van der Waals surface area contributed by atoms with E-state index in [0.29, 0.717) is 28.7 Å². The Morgan fingerprint density at radius 1 is 0.793 bits per heavy atom. The number of carbonyl (C=O) groups excluding carboxylic acids is 1. The van der Waals surface area contributed by atoms with Gasteiger partial charge in [0.1, 0.15) is 17.2 Å². The van der Waals surface area contributed by atoms with Crippen LogP contribution in [0.3, 0.4) is 0 Å². The molecule has 8 atom stereocenters. The lowest BCUT2D eigenvalue weighted by molar-refractivity contribution is -0.0523. The van der Waals surface area contributed by atoms with Gasteiger partial charge in [0.15, 0.2) is 0 Å². The zero-order valence-electron chi connectivity index (χ0n) is 37.9. The zero-order valence-corrected chi connectivity index (χ0v) is 37.9. The SMILES string of the molecule is CC(C)CCCC(C)C1CCC2C3CC=C4CC(C)CCC4(C)C3CCC12C.CCC(C)(C)COc1ccc(C(=O)Oc2ccc(-c3ccc(OC)cc3)cc2)cc1. The summed E-state index contributed by atoms with van der Waals surface area (Å²) in [6.45, 7) is 22.4. The fourth-order valence-electron chi connectivity index (χ4n) is 11.6. The Kier molecular flexibility index (Phi) is 14.3. The molecule has 8 unspecified atom stereocenters. The molecule has 0 saturated heterocycles. The molecule has 4 heteroatoms. The van der Waals surface area contributed by atoms with Crippen LogP contribution in [0.15, 0.2) is 84.4 Å². The first-order chi connectivity index (χ1) is 27.7. The van der Waals surface area contributed by atoms with Crippen LogP contribution >= 0.6 is 0 Å². The number of benzene rings is 3. The first-order valence-electron chi connectivity index (χ1n) is 23.0. The lowest BCUT2D eigenvalue weighted by atomic mass is 9.46. The van der Waals surface area contributed by atoms with Gasteiger partial charge in [-0.1, -0.05) is 117 Å². The van der Waals surface area contributed by atoms with Crippen LogP contribution in [0.5, 0.6) is 17.2 Å². The molecule has 58 heavy (non-hydrogen) atoms. The number of carbonyl (C=O) groups is 1. The fourth-order valence-corrected chi connectivity index (χ4v) is 11.6. The summed E-state index contributed by atoms with van der Waals surface area (Å²) in [7, 11) is 1.64. The van der Waals surface area contributed by atoms with E-state index in [1.165, 1.54) is 70.6 Å². The van der Waals surface area contributed by atoms with E-state index in [-0.39, 0.29) is 5.41 Å². The van der Waals surface area contributed by atoms with Crippen molar-refractivity contribution in [2.75, 3.05) is 13.7 Å². The van der Waals surface area contributed by atoms with Crippen LogP contribution < -0.4 is 14.2 Å². The van der Waals surface area contributed by atoms with Crippen molar-refractivity contribution in [3.63, 3.8) is 0 Å². The number of rotatable bonds is 13. The minimum absolute atomic E-state index is 0.121. The normalized spacial score (nSPS) is 28.2. The maximum absolute atomic E-state index is 12.4. The van der Waals surface area contributed by atoms with Crippen molar-refractivity contribution < 1.29 is 19.0 Å². The van der Waals surface area contributed by atoms with Crippen molar-refractivity contribution in [2.24, 2.45) is 57.7 Å². The van der Waals surface area contributed by atoms with E-state index in [1.807, 2.05) is 42.0 Å². The maximum Gasteiger partial charge on any atom is 0.343 e. The summed E-state index contributed by atoms with van der Waals surface area (Å²) in [6, 6.07) is 22.3. The average Bonchev–Trinajstić information content (AvgIpc) is 3.58. The molecule has 4 nitrogen and oxygen atoms in total. The highest BCUT2D eigenvalue weighted by Gasteiger charge is 2.59. The summed E-state index contributed by atoms with van der Waals surface area (Å²) in [5, 5.41) is 0.